The Hall–Kier alpha value is -7.44. The van der Waals surface area contributed by atoms with E-state index in [9.17, 15) is 29.1 Å². The second-order valence-electron chi connectivity index (χ2n) is 18.3. The van der Waals surface area contributed by atoms with Gasteiger partial charge in [-0.3, -0.25) is 34.2 Å². The summed E-state index contributed by atoms with van der Waals surface area (Å²) >= 11 is 0. The number of hydrogen-bond donors (Lipinski definition) is 3. The number of anilines is 4. The van der Waals surface area contributed by atoms with Gasteiger partial charge in [0.05, 0.1) is 29.6 Å². The molecule has 0 radical (unpaired) electrons. The number of carbonyl (C=O) groups is 5. The molecule has 5 amide bonds. The van der Waals surface area contributed by atoms with E-state index in [1.807, 2.05) is 15.9 Å². The molecule has 3 aromatic carbocycles. The second kappa shape index (κ2) is 20.4. The molecule has 0 aliphatic carbocycles. The van der Waals surface area contributed by atoms with Crippen LogP contribution in [0.5, 0.6) is 11.5 Å². The molecule has 2 unspecified atom stereocenters. The van der Waals surface area contributed by atoms with E-state index in [0.717, 1.165) is 87.3 Å². The van der Waals surface area contributed by atoms with Crippen LogP contribution in [-0.2, 0) is 14.4 Å². The van der Waals surface area contributed by atoms with Gasteiger partial charge in [0.25, 0.3) is 11.8 Å². The minimum absolute atomic E-state index is 0.0439. The van der Waals surface area contributed by atoms with E-state index in [2.05, 4.69) is 65.0 Å². The third-order valence-corrected chi connectivity index (χ3v) is 14.0. The van der Waals surface area contributed by atoms with Crippen LogP contribution in [0, 0.1) is 0 Å². The van der Waals surface area contributed by atoms with Crippen molar-refractivity contribution in [2.45, 2.75) is 94.9 Å². The number of fused-ring (bicyclic) bond motifs is 1. The first-order chi connectivity index (χ1) is 33.5. The summed E-state index contributed by atoms with van der Waals surface area (Å²) in [7, 11) is 1.80. The zero-order chi connectivity index (χ0) is 48.1. The number of amides is 5. The Labute approximate surface area is 400 Å². The summed E-state index contributed by atoms with van der Waals surface area (Å²) in [6, 6.07) is 21.3. The SMILES string of the molecule is CN(c1cccc2c1C(=O)N(C1CCC(=O)NC1=O)C2=O)C1(CCCCCCCCC(=O)N2CCN(c3ccc(N4CCC[C@@H](Oc5cc(-c6ccccc6O)nnc5N)C4)cc3)CC2)C=NN=N1. The van der Waals surface area contributed by atoms with Crippen LogP contribution in [0.1, 0.15) is 97.8 Å². The molecule has 9 rings (SSSR count). The highest BCUT2D eigenvalue weighted by atomic mass is 16.5. The fourth-order valence-electron chi connectivity index (χ4n) is 10.0. The van der Waals surface area contributed by atoms with Crippen LogP contribution >= 0.6 is 0 Å². The Kier molecular flexibility index (Phi) is 13.8. The molecule has 69 heavy (non-hydrogen) atoms. The van der Waals surface area contributed by atoms with Gasteiger partial charge in [-0.05, 0) is 92.3 Å². The van der Waals surface area contributed by atoms with E-state index in [0.29, 0.717) is 55.2 Å². The van der Waals surface area contributed by atoms with Gasteiger partial charge in [-0.1, -0.05) is 43.9 Å². The first-order valence-corrected chi connectivity index (χ1v) is 24.0. The summed E-state index contributed by atoms with van der Waals surface area (Å²) < 4.78 is 6.38. The monoisotopic (exact) mass is 938 g/mol. The Bertz CT molecular complexity index is 2640. The number of unbranched alkanes of at least 4 members (excludes halogenated alkanes) is 5. The van der Waals surface area contributed by atoms with Crippen molar-refractivity contribution in [2.75, 3.05) is 66.7 Å². The van der Waals surface area contributed by atoms with Crippen LogP contribution < -0.4 is 30.5 Å². The predicted molar refractivity (Wildman–Crippen MR) is 259 cm³/mol. The number of benzene rings is 3. The van der Waals surface area contributed by atoms with Gasteiger partial charge >= 0.3 is 0 Å². The number of phenolic OH excluding ortho intramolecular Hbond substituents is 1. The topological polar surface area (TPSA) is 232 Å². The number of piperazine rings is 1. The summed E-state index contributed by atoms with van der Waals surface area (Å²) in [5.74, 6) is -1.25. The standard InChI is InChI=1S/C50H58N12O7/c1-58(39-15-10-14-37-45(39)49(68)62(48(37)67)40-22-23-43(64)53-47(40)66)50(32-52-57-56-50)24-9-5-3-2-4-6-17-44(65)60-28-26-59(27-29-60)33-18-20-34(21-19-33)61-25-11-12-35(31-61)69-42-30-38(54-55-46(42)51)36-13-7-8-16-41(36)63/h7-8,10,13-16,18-21,30,32,35,40,63H,2-6,9,11-12,17,22-29,31H2,1H3,(H2,51,55)(H,53,64,66)/t35-,40?,50?/m1/s1. The van der Waals surface area contributed by atoms with Gasteiger partial charge in [0.15, 0.2) is 17.2 Å². The van der Waals surface area contributed by atoms with Crippen molar-refractivity contribution in [3.8, 4) is 22.8 Å². The maximum atomic E-state index is 13.8. The predicted octanol–water partition coefficient (Wildman–Crippen LogP) is 5.93. The van der Waals surface area contributed by atoms with E-state index in [1.54, 1.807) is 55.7 Å². The van der Waals surface area contributed by atoms with Crippen molar-refractivity contribution >= 4 is 58.6 Å². The van der Waals surface area contributed by atoms with E-state index in [1.165, 1.54) is 0 Å². The van der Waals surface area contributed by atoms with Gasteiger partial charge in [0.1, 0.15) is 23.6 Å². The number of nitrogens with zero attached hydrogens (tertiary/aromatic N) is 10. The number of aromatic nitrogens is 2. The Morgan fingerprint density at radius 1 is 0.841 bits per heavy atom. The quantitative estimate of drug-likeness (QED) is 0.0824. The molecule has 0 spiro atoms. The maximum absolute atomic E-state index is 13.8. The molecule has 0 saturated carbocycles. The Morgan fingerprint density at radius 3 is 2.30 bits per heavy atom. The number of phenols is 1. The van der Waals surface area contributed by atoms with Crippen LogP contribution in [0.2, 0.25) is 0 Å². The molecular formula is C50H58N12O7. The molecule has 3 atom stereocenters. The smallest absolute Gasteiger partial charge is 0.264 e. The lowest BCUT2D eigenvalue weighted by Gasteiger charge is -2.37. The number of hydrogen-bond acceptors (Lipinski definition) is 16. The summed E-state index contributed by atoms with van der Waals surface area (Å²) in [4.78, 5) is 74.3. The minimum atomic E-state index is -1.06. The number of piperidine rings is 2. The summed E-state index contributed by atoms with van der Waals surface area (Å²) in [6.45, 7) is 4.54. The molecule has 360 valence electrons. The molecule has 4 N–H and O–H groups in total. The highest BCUT2D eigenvalue weighted by Crippen LogP contribution is 2.39. The third-order valence-electron chi connectivity index (χ3n) is 14.0. The maximum Gasteiger partial charge on any atom is 0.264 e. The average Bonchev–Trinajstić information content (AvgIpc) is 3.95. The number of para-hydroxylation sites is 1. The first kappa shape index (κ1) is 46.7. The number of ether oxygens (including phenoxy) is 1. The average molecular weight is 939 g/mol. The van der Waals surface area contributed by atoms with Crippen molar-refractivity contribution in [3.63, 3.8) is 0 Å². The molecule has 4 aromatic rings. The molecule has 3 fully saturated rings. The fraction of sp³-hybridized carbons (Fsp3) is 0.440. The molecule has 19 heteroatoms. The summed E-state index contributed by atoms with van der Waals surface area (Å²) in [5, 5.41) is 33.3. The lowest BCUT2D eigenvalue weighted by Crippen LogP contribution is -2.54. The molecule has 6 heterocycles. The zero-order valence-electron chi connectivity index (χ0n) is 38.8. The third kappa shape index (κ3) is 9.94. The number of imide groups is 2. The highest BCUT2D eigenvalue weighted by Gasteiger charge is 2.47. The van der Waals surface area contributed by atoms with Crippen LogP contribution in [0.15, 0.2) is 88.2 Å². The number of nitrogens with one attached hydrogen (secondary N) is 1. The first-order valence-electron chi connectivity index (χ1n) is 24.0. The molecule has 5 aliphatic heterocycles. The highest BCUT2D eigenvalue weighted by molar-refractivity contribution is 6.25. The van der Waals surface area contributed by atoms with Crippen molar-refractivity contribution in [3.05, 3.63) is 83.9 Å². The Morgan fingerprint density at radius 2 is 1.57 bits per heavy atom. The van der Waals surface area contributed by atoms with E-state index in [-0.39, 0.29) is 47.5 Å². The lowest BCUT2D eigenvalue weighted by molar-refractivity contribution is -0.136. The molecule has 19 nitrogen and oxygen atoms in total. The van der Waals surface area contributed by atoms with Crippen molar-refractivity contribution < 1.29 is 33.8 Å². The zero-order valence-corrected chi connectivity index (χ0v) is 38.8. The number of nitrogens with two attached hydrogens (primary N) is 1. The van der Waals surface area contributed by atoms with Crippen LogP contribution in [-0.4, -0.2) is 125 Å². The van der Waals surface area contributed by atoms with Crippen molar-refractivity contribution in [1.29, 1.82) is 0 Å². The molecule has 0 bridgehead atoms. The summed E-state index contributed by atoms with van der Waals surface area (Å²) in [5.41, 5.74) is 9.40. The Balaban J connectivity index is 0.681. The van der Waals surface area contributed by atoms with Gasteiger partial charge in [-0.2, -0.15) is 0 Å². The molecule has 5 aliphatic rings. The number of rotatable bonds is 17. The number of aromatic hydroxyl groups is 1. The van der Waals surface area contributed by atoms with Gasteiger partial charge in [0, 0.05) is 75.6 Å². The lowest BCUT2D eigenvalue weighted by atomic mass is 9.98. The molecule has 1 aromatic heterocycles. The van der Waals surface area contributed by atoms with Gasteiger partial charge in [-0.15, -0.1) is 20.4 Å². The molecule has 3 saturated heterocycles. The van der Waals surface area contributed by atoms with Gasteiger partial charge in [-0.25, -0.2) is 0 Å². The normalized spacial score (nSPS) is 21.2. The minimum Gasteiger partial charge on any atom is -0.507 e. The summed E-state index contributed by atoms with van der Waals surface area (Å²) in [6.07, 6.45) is 10.2. The second-order valence-corrected chi connectivity index (χ2v) is 18.3. The largest absolute Gasteiger partial charge is 0.507 e. The van der Waals surface area contributed by atoms with Crippen molar-refractivity contribution in [1.82, 2.24) is 25.3 Å². The van der Waals surface area contributed by atoms with E-state index < -0.39 is 35.3 Å². The fourth-order valence-corrected chi connectivity index (χ4v) is 10.0. The number of carbonyl (C=O) groups excluding carboxylic acids is 5. The van der Waals surface area contributed by atoms with Gasteiger partial charge in [0.2, 0.25) is 17.7 Å². The van der Waals surface area contributed by atoms with Crippen LogP contribution in [0.4, 0.5) is 22.9 Å². The van der Waals surface area contributed by atoms with E-state index in [4.69, 9.17) is 10.5 Å². The van der Waals surface area contributed by atoms with Crippen LogP contribution in [0.25, 0.3) is 11.3 Å². The van der Waals surface area contributed by atoms with Crippen LogP contribution in [0.3, 0.4) is 0 Å². The van der Waals surface area contributed by atoms with Crippen molar-refractivity contribution in [2.24, 2.45) is 15.4 Å². The number of nitrogen functional groups attached to an aromatic ring is 1. The van der Waals surface area contributed by atoms with Gasteiger partial charge < -0.3 is 35.2 Å². The molecular weight excluding hydrogens is 881 g/mol. The van der Waals surface area contributed by atoms with E-state index >= 15 is 0 Å².